The van der Waals surface area contributed by atoms with Crippen LogP contribution in [0.3, 0.4) is 0 Å². The number of aryl methyl sites for hydroxylation is 1. The lowest BCUT2D eigenvalue weighted by Gasteiger charge is -2.11. The van der Waals surface area contributed by atoms with Gasteiger partial charge >= 0.3 is 6.18 Å². The van der Waals surface area contributed by atoms with Gasteiger partial charge in [-0.2, -0.15) is 13.2 Å². The van der Waals surface area contributed by atoms with Crippen molar-refractivity contribution < 1.29 is 27.1 Å². The molecule has 3 aromatic heterocycles. The van der Waals surface area contributed by atoms with E-state index in [4.69, 9.17) is 4.74 Å². The number of pyridine rings is 1. The summed E-state index contributed by atoms with van der Waals surface area (Å²) < 4.78 is 62.6. The normalized spacial score (nSPS) is 11.5. The number of halogens is 4. The Morgan fingerprint density at radius 3 is 2.55 bits per heavy atom. The average Bonchev–Trinajstić information content (AvgIpc) is 3.47. The molecular formula is C26H20F4N6O2. The number of ether oxygens (including phenoxy) is 1. The molecule has 0 atom stereocenters. The molecule has 0 aliphatic heterocycles. The summed E-state index contributed by atoms with van der Waals surface area (Å²) in [5.41, 5.74) is -0.222. The second-order valence-corrected chi connectivity index (χ2v) is 8.34. The van der Waals surface area contributed by atoms with Crippen molar-refractivity contribution in [1.29, 1.82) is 0 Å². The highest BCUT2D eigenvalue weighted by Gasteiger charge is 2.31. The molecule has 0 saturated heterocycles. The summed E-state index contributed by atoms with van der Waals surface area (Å²) >= 11 is 0. The van der Waals surface area contributed by atoms with Crippen LogP contribution in [0.25, 0.3) is 11.0 Å². The zero-order chi connectivity index (χ0) is 26.9. The SMILES string of the molecule is Cn1c(Nc2cc(C(F)(F)F)ccc2F)nc2cc(Oc3ccnc(NC(=O)Cn4cccc4)c3)ccc21. The first kappa shape index (κ1) is 24.8. The first-order valence-corrected chi connectivity index (χ1v) is 11.3. The number of carbonyl (C=O) groups is 1. The standard InChI is InChI=1S/C26H20F4N6O2/c1-35-22-7-5-17(38-18-8-9-31-23(14-18)34-24(37)15-36-10-2-3-11-36)13-21(22)33-25(35)32-20-12-16(26(28,29)30)4-6-19(20)27/h2-14H,15H2,1H3,(H,32,33)(H,31,34,37). The number of nitrogens with one attached hydrogen (secondary N) is 2. The van der Waals surface area contributed by atoms with Crippen molar-refractivity contribution in [3.63, 3.8) is 0 Å². The molecule has 0 radical (unpaired) electrons. The molecule has 0 bridgehead atoms. The monoisotopic (exact) mass is 524 g/mol. The van der Waals surface area contributed by atoms with E-state index in [1.54, 1.807) is 58.9 Å². The number of nitrogens with zero attached hydrogens (tertiary/aromatic N) is 4. The van der Waals surface area contributed by atoms with E-state index in [0.29, 0.717) is 40.5 Å². The van der Waals surface area contributed by atoms with Crippen LogP contribution in [0.2, 0.25) is 0 Å². The van der Waals surface area contributed by atoms with E-state index >= 15 is 0 Å². The summed E-state index contributed by atoms with van der Waals surface area (Å²) in [5.74, 6) is 0.195. The summed E-state index contributed by atoms with van der Waals surface area (Å²) in [6.07, 6.45) is 0.432. The third kappa shape index (κ3) is 5.43. The van der Waals surface area contributed by atoms with Gasteiger partial charge in [-0.3, -0.25) is 4.79 Å². The number of imidazole rings is 1. The van der Waals surface area contributed by atoms with Crippen molar-refractivity contribution in [3.05, 3.63) is 90.6 Å². The number of alkyl halides is 3. The summed E-state index contributed by atoms with van der Waals surface area (Å²) in [7, 11) is 1.65. The third-order valence-electron chi connectivity index (χ3n) is 5.62. The van der Waals surface area contributed by atoms with Crippen LogP contribution >= 0.6 is 0 Å². The van der Waals surface area contributed by atoms with Crippen molar-refractivity contribution in [1.82, 2.24) is 19.1 Å². The van der Waals surface area contributed by atoms with Crippen LogP contribution in [-0.4, -0.2) is 25.0 Å². The Morgan fingerprint density at radius 2 is 1.79 bits per heavy atom. The molecule has 0 unspecified atom stereocenters. The minimum atomic E-state index is -4.61. The topological polar surface area (TPSA) is 86.0 Å². The highest BCUT2D eigenvalue weighted by atomic mass is 19.4. The van der Waals surface area contributed by atoms with Crippen LogP contribution in [0.15, 0.2) is 79.3 Å². The van der Waals surface area contributed by atoms with Gasteiger partial charge in [0.25, 0.3) is 0 Å². The molecule has 8 nitrogen and oxygen atoms in total. The number of benzene rings is 2. The Labute approximate surface area is 213 Å². The van der Waals surface area contributed by atoms with Crippen molar-refractivity contribution in [2.75, 3.05) is 10.6 Å². The number of aromatic nitrogens is 4. The maximum atomic E-state index is 14.2. The van der Waals surface area contributed by atoms with Gasteiger partial charge in [-0.15, -0.1) is 0 Å². The Balaban J connectivity index is 1.33. The first-order valence-electron chi connectivity index (χ1n) is 11.3. The maximum Gasteiger partial charge on any atom is 0.416 e. The van der Waals surface area contributed by atoms with Crippen LogP contribution in [0.5, 0.6) is 11.5 Å². The number of fused-ring (bicyclic) bond motifs is 1. The van der Waals surface area contributed by atoms with Crippen molar-refractivity contribution >= 4 is 34.4 Å². The molecule has 0 saturated carbocycles. The highest BCUT2D eigenvalue weighted by molar-refractivity contribution is 5.89. The van der Waals surface area contributed by atoms with Crippen LogP contribution in [0.4, 0.5) is 35.0 Å². The molecule has 0 fully saturated rings. The van der Waals surface area contributed by atoms with Crippen LogP contribution in [0, 0.1) is 5.82 Å². The zero-order valence-electron chi connectivity index (χ0n) is 19.8. The quantitative estimate of drug-likeness (QED) is 0.251. The first-order chi connectivity index (χ1) is 18.2. The second-order valence-electron chi connectivity index (χ2n) is 8.34. The summed E-state index contributed by atoms with van der Waals surface area (Å²) in [6, 6.07) is 14.0. The highest BCUT2D eigenvalue weighted by Crippen LogP contribution is 2.33. The number of rotatable bonds is 7. The molecule has 38 heavy (non-hydrogen) atoms. The molecule has 2 N–H and O–H groups in total. The molecule has 0 aliphatic rings. The predicted octanol–water partition coefficient (Wildman–Crippen LogP) is 6.10. The van der Waals surface area contributed by atoms with Crippen molar-refractivity contribution in [2.45, 2.75) is 12.7 Å². The lowest BCUT2D eigenvalue weighted by atomic mass is 10.2. The Morgan fingerprint density at radius 1 is 1.03 bits per heavy atom. The minimum absolute atomic E-state index is 0.136. The summed E-state index contributed by atoms with van der Waals surface area (Å²) in [5, 5.41) is 5.35. The molecule has 3 heterocycles. The van der Waals surface area contributed by atoms with Crippen LogP contribution in [-0.2, 0) is 24.6 Å². The maximum absolute atomic E-state index is 14.2. The molecule has 0 spiro atoms. The lowest BCUT2D eigenvalue weighted by Crippen LogP contribution is -2.18. The summed E-state index contributed by atoms with van der Waals surface area (Å²) in [4.78, 5) is 20.8. The van der Waals surface area contributed by atoms with Gasteiger partial charge in [0.15, 0.2) is 0 Å². The van der Waals surface area contributed by atoms with E-state index in [0.717, 1.165) is 6.07 Å². The van der Waals surface area contributed by atoms with Gasteiger partial charge in [0, 0.05) is 37.8 Å². The van der Waals surface area contributed by atoms with Crippen LogP contribution in [0.1, 0.15) is 5.56 Å². The van der Waals surface area contributed by atoms with E-state index in [-0.39, 0.29) is 24.1 Å². The fourth-order valence-electron chi connectivity index (χ4n) is 3.78. The van der Waals surface area contributed by atoms with Crippen molar-refractivity contribution in [2.24, 2.45) is 7.05 Å². The number of hydrogen-bond donors (Lipinski definition) is 2. The second kappa shape index (κ2) is 9.88. The van der Waals surface area contributed by atoms with E-state index in [1.165, 1.54) is 6.20 Å². The lowest BCUT2D eigenvalue weighted by molar-refractivity contribution is -0.137. The van der Waals surface area contributed by atoms with Gasteiger partial charge in [0.1, 0.15) is 29.7 Å². The fourth-order valence-corrected chi connectivity index (χ4v) is 3.78. The fraction of sp³-hybridized carbons (Fsp3) is 0.115. The van der Waals surface area contributed by atoms with Gasteiger partial charge in [-0.1, -0.05) is 0 Å². The molecule has 1 amide bonds. The molecule has 5 aromatic rings. The molecule has 0 aliphatic carbocycles. The summed E-state index contributed by atoms with van der Waals surface area (Å²) in [6.45, 7) is 0.136. The molecule has 2 aromatic carbocycles. The number of carbonyl (C=O) groups excluding carboxylic acids is 1. The predicted molar refractivity (Wildman–Crippen MR) is 133 cm³/mol. The number of anilines is 3. The Kier molecular flexibility index (Phi) is 6.45. The largest absolute Gasteiger partial charge is 0.457 e. The smallest absolute Gasteiger partial charge is 0.416 e. The van der Waals surface area contributed by atoms with Crippen LogP contribution < -0.4 is 15.4 Å². The molecule has 194 valence electrons. The van der Waals surface area contributed by atoms with Gasteiger partial charge in [0.05, 0.1) is 22.3 Å². The van der Waals surface area contributed by atoms with E-state index in [9.17, 15) is 22.4 Å². The van der Waals surface area contributed by atoms with E-state index in [2.05, 4.69) is 20.6 Å². The van der Waals surface area contributed by atoms with Gasteiger partial charge in [-0.25, -0.2) is 14.4 Å². The minimum Gasteiger partial charge on any atom is -0.457 e. The van der Waals surface area contributed by atoms with Crippen molar-refractivity contribution in [3.8, 4) is 11.5 Å². The molecule has 5 rings (SSSR count). The van der Waals surface area contributed by atoms with E-state index in [1.807, 2.05) is 12.1 Å². The Hall–Kier alpha value is -4.87. The average molecular weight is 524 g/mol. The zero-order valence-corrected chi connectivity index (χ0v) is 19.8. The molecule has 12 heteroatoms. The van der Waals surface area contributed by atoms with Gasteiger partial charge < -0.3 is 24.5 Å². The third-order valence-corrected chi connectivity index (χ3v) is 5.62. The van der Waals surface area contributed by atoms with E-state index < -0.39 is 17.6 Å². The number of amides is 1. The molecular weight excluding hydrogens is 504 g/mol. The van der Waals surface area contributed by atoms with Gasteiger partial charge in [-0.05, 0) is 48.5 Å². The number of hydrogen-bond acceptors (Lipinski definition) is 5. The Bertz CT molecular complexity index is 1610. The van der Waals surface area contributed by atoms with Gasteiger partial charge in [0.2, 0.25) is 11.9 Å².